The largest absolute Gasteiger partial charge is 0.366 e. The van der Waals surface area contributed by atoms with Gasteiger partial charge >= 0.3 is 0 Å². The zero-order valence-electron chi connectivity index (χ0n) is 16.4. The van der Waals surface area contributed by atoms with Crippen LogP contribution in [0.15, 0.2) is 40.4 Å². The van der Waals surface area contributed by atoms with Crippen molar-refractivity contribution >= 4 is 43.2 Å². The number of carbonyl (C=O) groups is 1. The van der Waals surface area contributed by atoms with Gasteiger partial charge in [-0.3, -0.25) is 4.79 Å². The lowest BCUT2D eigenvalue weighted by Gasteiger charge is -2.42. The van der Waals surface area contributed by atoms with Crippen LogP contribution in [0.2, 0.25) is 0 Å². The lowest BCUT2D eigenvalue weighted by molar-refractivity contribution is 0.00604. The Morgan fingerprint density at radius 3 is 2.74 bits per heavy atom. The predicted molar refractivity (Wildman–Crippen MR) is 120 cm³/mol. The highest BCUT2D eigenvalue weighted by Gasteiger charge is 2.49. The number of ether oxygens (including phenoxy) is 1. The molecule has 0 spiro atoms. The third-order valence-electron chi connectivity index (χ3n) is 6.03. The maximum Gasteiger partial charge on any atom is 0.199 e. The van der Waals surface area contributed by atoms with Crippen molar-refractivity contribution in [2.24, 2.45) is 5.92 Å². The molecule has 2 aliphatic rings. The quantitative estimate of drug-likeness (QED) is 0.376. The number of benzene rings is 1. The number of fused-ring (bicyclic) bond motifs is 2. The van der Waals surface area contributed by atoms with Crippen LogP contribution in [0, 0.1) is 5.92 Å². The molecule has 0 saturated heterocycles. The molecule has 3 unspecified atom stereocenters. The van der Waals surface area contributed by atoms with Gasteiger partial charge in [-0.1, -0.05) is 89.6 Å². The second-order valence-electron chi connectivity index (χ2n) is 7.64. The number of hydrogen-bond donors (Lipinski definition) is 0. The highest BCUT2D eigenvalue weighted by molar-refractivity contribution is 9.10. The van der Waals surface area contributed by atoms with Gasteiger partial charge in [0.1, 0.15) is 0 Å². The van der Waals surface area contributed by atoms with E-state index in [1.54, 1.807) is 7.11 Å². The molecule has 27 heavy (non-hydrogen) atoms. The van der Waals surface area contributed by atoms with Gasteiger partial charge in [-0.15, -0.1) is 0 Å². The molecule has 0 aliphatic heterocycles. The fourth-order valence-electron chi connectivity index (χ4n) is 4.47. The summed E-state index contributed by atoms with van der Waals surface area (Å²) in [5.74, 6) is 0.598. The Kier molecular flexibility index (Phi) is 6.81. The lowest BCUT2D eigenvalue weighted by atomic mass is 9.67. The van der Waals surface area contributed by atoms with E-state index < -0.39 is 5.60 Å². The number of methoxy groups -OCH3 is 1. The third kappa shape index (κ3) is 3.90. The van der Waals surface area contributed by atoms with Crippen molar-refractivity contribution in [2.75, 3.05) is 7.11 Å². The molecule has 3 rings (SSSR count). The van der Waals surface area contributed by atoms with Crippen molar-refractivity contribution in [1.82, 2.24) is 0 Å². The van der Waals surface area contributed by atoms with Gasteiger partial charge in [-0.2, -0.15) is 0 Å². The number of allylic oxidation sites excluding steroid dienone is 3. The van der Waals surface area contributed by atoms with Crippen LogP contribution in [0.4, 0.5) is 0 Å². The van der Waals surface area contributed by atoms with Gasteiger partial charge in [0.2, 0.25) is 0 Å². The van der Waals surface area contributed by atoms with Gasteiger partial charge in [0.15, 0.2) is 11.4 Å². The number of carbonyl (C=O) groups excluding carboxylic acids is 1. The van der Waals surface area contributed by atoms with Crippen LogP contribution in [0.1, 0.15) is 68.3 Å². The number of hydrogen-bond acceptors (Lipinski definition) is 2. The Hall–Kier alpha value is -0.710. The van der Waals surface area contributed by atoms with E-state index in [2.05, 4.69) is 63.9 Å². The van der Waals surface area contributed by atoms with Gasteiger partial charge in [0, 0.05) is 22.0 Å². The van der Waals surface area contributed by atoms with Crippen molar-refractivity contribution in [2.45, 2.75) is 62.8 Å². The molecule has 2 aliphatic carbocycles. The first kappa shape index (κ1) is 21.0. The molecular weight excluding hydrogens is 468 g/mol. The molecule has 0 fully saturated rings. The van der Waals surface area contributed by atoms with Crippen molar-refractivity contribution in [3.8, 4) is 0 Å². The smallest absolute Gasteiger partial charge is 0.199 e. The predicted octanol–water partition coefficient (Wildman–Crippen LogP) is 7.11. The van der Waals surface area contributed by atoms with Crippen LogP contribution >= 0.6 is 31.9 Å². The van der Waals surface area contributed by atoms with Crippen molar-refractivity contribution < 1.29 is 9.53 Å². The number of Topliss-reactive ketones (excluding diaryl/α,β-unsaturated/α-hetero) is 1. The lowest BCUT2D eigenvalue weighted by Crippen LogP contribution is -2.48. The first-order chi connectivity index (χ1) is 13.0. The van der Waals surface area contributed by atoms with Gasteiger partial charge in [-0.25, -0.2) is 0 Å². The number of rotatable bonds is 7. The summed E-state index contributed by atoms with van der Waals surface area (Å²) >= 11 is 7.27. The van der Waals surface area contributed by atoms with Crippen molar-refractivity contribution in [3.05, 3.63) is 51.5 Å². The second kappa shape index (κ2) is 8.75. The van der Waals surface area contributed by atoms with E-state index in [4.69, 9.17) is 4.74 Å². The summed E-state index contributed by atoms with van der Waals surface area (Å²) < 4.78 is 7.07. The second-order valence-corrected chi connectivity index (χ2v) is 9.73. The zero-order chi connectivity index (χ0) is 19.6. The van der Waals surface area contributed by atoms with Crippen LogP contribution in [0.25, 0.3) is 5.57 Å². The van der Waals surface area contributed by atoms with Crippen LogP contribution in [-0.2, 0) is 4.74 Å². The van der Waals surface area contributed by atoms with Crippen LogP contribution in [-0.4, -0.2) is 23.3 Å². The number of ketones is 1. The van der Waals surface area contributed by atoms with Crippen LogP contribution in [0.5, 0.6) is 0 Å². The highest BCUT2D eigenvalue weighted by atomic mass is 79.9. The molecule has 0 N–H and O–H groups in total. The molecule has 0 aromatic heterocycles. The first-order valence-electron chi connectivity index (χ1n) is 9.92. The summed E-state index contributed by atoms with van der Waals surface area (Å²) in [6.45, 7) is 4.45. The average molecular weight is 496 g/mol. The molecule has 3 atom stereocenters. The summed E-state index contributed by atoms with van der Waals surface area (Å²) in [4.78, 5) is 14.0. The molecule has 0 heterocycles. The summed E-state index contributed by atoms with van der Waals surface area (Å²) in [6.07, 6.45) is 10.5. The van der Waals surface area contributed by atoms with Gasteiger partial charge in [0.05, 0.1) is 0 Å². The number of halogens is 2. The monoisotopic (exact) mass is 494 g/mol. The molecule has 0 bridgehead atoms. The molecule has 0 amide bonds. The fourth-order valence-corrected chi connectivity index (χ4v) is 5.31. The first-order valence-corrected chi connectivity index (χ1v) is 11.6. The maximum atomic E-state index is 13.8. The van der Waals surface area contributed by atoms with E-state index in [0.717, 1.165) is 46.9 Å². The van der Waals surface area contributed by atoms with Crippen molar-refractivity contribution in [3.63, 3.8) is 0 Å². The van der Waals surface area contributed by atoms with E-state index in [-0.39, 0.29) is 10.6 Å². The van der Waals surface area contributed by atoms with Crippen LogP contribution in [0.3, 0.4) is 0 Å². The molecule has 4 heteroatoms. The normalized spacial score (nSPS) is 25.4. The van der Waals surface area contributed by atoms with E-state index >= 15 is 0 Å². The zero-order valence-corrected chi connectivity index (χ0v) is 19.5. The summed E-state index contributed by atoms with van der Waals surface area (Å²) in [6, 6.07) is 6.02. The van der Waals surface area contributed by atoms with Crippen LogP contribution < -0.4 is 0 Å². The Labute approximate surface area is 179 Å². The Balaban J connectivity index is 2.14. The van der Waals surface area contributed by atoms with E-state index in [0.29, 0.717) is 5.92 Å². The Morgan fingerprint density at radius 2 is 2.07 bits per heavy atom. The molecule has 1 aromatic rings. The molecule has 1 aromatic carbocycles. The molecule has 2 nitrogen and oxygen atoms in total. The van der Waals surface area contributed by atoms with E-state index in [9.17, 15) is 4.79 Å². The SMILES string of the molecule is CCCCC(CC)CC1(OC)C(=O)c2cc(Br)ccc2C2=C1CC(Br)C=C2. The minimum absolute atomic E-state index is 0.116. The standard InChI is InChI=1S/C23H28Br2O2/c1-4-6-7-15(5-2)14-23(27-3)21-13-17(25)9-11-19(21)18-10-8-16(24)12-20(18)22(23)26/h8-12,15,17H,4-7,13-14H2,1-3H3. The Bertz CT molecular complexity index is 781. The molecule has 0 saturated carbocycles. The minimum atomic E-state index is -0.853. The van der Waals surface area contributed by atoms with Gasteiger partial charge < -0.3 is 4.74 Å². The van der Waals surface area contributed by atoms with Gasteiger partial charge in [-0.05, 0) is 47.6 Å². The average Bonchev–Trinajstić information content (AvgIpc) is 2.68. The maximum absolute atomic E-state index is 13.8. The van der Waals surface area contributed by atoms with E-state index in [1.165, 1.54) is 18.4 Å². The summed E-state index contributed by atoms with van der Waals surface area (Å²) in [5, 5.41) is 0. The molecular formula is C23H28Br2O2. The van der Waals surface area contributed by atoms with E-state index in [1.807, 2.05) is 12.1 Å². The topological polar surface area (TPSA) is 26.3 Å². The molecule has 146 valence electrons. The summed E-state index contributed by atoms with van der Waals surface area (Å²) in [5.41, 5.74) is 3.26. The summed E-state index contributed by atoms with van der Waals surface area (Å²) in [7, 11) is 1.71. The van der Waals surface area contributed by atoms with Gasteiger partial charge in [0.25, 0.3) is 0 Å². The Morgan fingerprint density at radius 1 is 1.30 bits per heavy atom. The fraction of sp³-hybridized carbons (Fsp3) is 0.522. The number of alkyl halides is 1. The minimum Gasteiger partial charge on any atom is -0.366 e. The number of unbranched alkanes of at least 4 members (excludes halogenated alkanes) is 1. The third-order valence-corrected chi connectivity index (χ3v) is 7.16. The highest BCUT2D eigenvalue weighted by Crippen LogP contribution is 2.48. The van der Waals surface area contributed by atoms with Crippen molar-refractivity contribution in [1.29, 1.82) is 0 Å². The molecule has 0 radical (unpaired) electrons.